The van der Waals surface area contributed by atoms with Crippen molar-refractivity contribution in [3.63, 3.8) is 0 Å². The van der Waals surface area contributed by atoms with Crippen LogP contribution in [0.2, 0.25) is 0 Å². The minimum Gasteiger partial charge on any atom is -0.497 e. The minimum absolute atomic E-state index is 0.260. The quantitative estimate of drug-likeness (QED) is 0.638. The minimum atomic E-state index is -0.460. The van der Waals surface area contributed by atoms with Crippen molar-refractivity contribution >= 4 is 16.9 Å². The number of rotatable bonds is 6. The summed E-state index contributed by atoms with van der Waals surface area (Å²) in [6.07, 6.45) is 1.86. The number of esters is 1. The summed E-state index contributed by atoms with van der Waals surface area (Å²) in [7, 11) is 3.22. The number of benzene rings is 2. The zero-order valence-corrected chi connectivity index (χ0v) is 14.6. The maximum Gasteiger partial charge on any atom is 0.329 e. The van der Waals surface area contributed by atoms with Crippen LogP contribution in [0.25, 0.3) is 10.9 Å². The van der Waals surface area contributed by atoms with E-state index in [0.29, 0.717) is 11.5 Å². The molecule has 0 saturated carbocycles. The first kappa shape index (κ1) is 16.9. The van der Waals surface area contributed by atoms with Gasteiger partial charge in [-0.15, -0.1) is 0 Å². The first-order valence-electron chi connectivity index (χ1n) is 8.07. The topological polar surface area (TPSA) is 49.7 Å². The summed E-state index contributed by atoms with van der Waals surface area (Å²) < 4.78 is 18.1. The summed E-state index contributed by atoms with van der Waals surface area (Å²) in [5.74, 6) is 1.09. The lowest BCUT2D eigenvalue weighted by Crippen LogP contribution is -2.18. The van der Waals surface area contributed by atoms with Gasteiger partial charge in [0.2, 0.25) is 0 Å². The molecule has 1 atom stereocenters. The molecular weight excluding hydrogens is 318 g/mol. The molecule has 0 spiro atoms. The normalized spacial score (nSPS) is 12.0. The number of hydrogen-bond donors (Lipinski definition) is 0. The van der Waals surface area contributed by atoms with Gasteiger partial charge in [-0.3, -0.25) is 0 Å². The molecule has 3 rings (SSSR count). The lowest BCUT2D eigenvalue weighted by molar-refractivity contribution is -0.148. The summed E-state index contributed by atoms with van der Waals surface area (Å²) >= 11 is 0. The zero-order valence-electron chi connectivity index (χ0n) is 14.6. The van der Waals surface area contributed by atoms with Crippen molar-refractivity contribution < 1.29 is 19.0 Å². The molecule has 0 saturated heterocycles. The zero-order chi connectivity index (χ0) is 17.8. The van der Waals surface area contributed by atoms with Crippen LogP contribution in [0.1, 0.15) is 18.5 Å². The van der Waals surface area contributed by atoms with Gasteiger partial charge in [0.25, 0.3) is 0 Å². The molecule has 2 aromatic carbocycles. The number of methoxy groups -OCH3 is 2. The Morgan fingerprint density at radius 2 is 1.84 bits per heavy atom. The summed E-state index contributed by atoms with van der Waals surface area (Å²) in [4.78, 5) is 12.5. The van der Waals surface area contributed by atoms with E-state index >= 15 is 0 Å². The molecule has 0 aliphatic rings. The Labute approximate surface area is 146 Å². The SMILES string of the molecule is COc1cc(OC)c2ccn(C(C)C(=O)OCc3ccccc3)c2c1. The second-order valence-corrected chi connectivity index (χ2v) is 5.75. The van der Waals surface area contributed by atoms with Crippen LogP contribution in [-0.4, -0.2) is 24.8 Å². The van der Waals surface area contributed by atoms with E-state index in [0.717, 1.165) is 16.5 Å². The number of nitrogens with zero attached hydrogens (tertiary/aromatic N) is 1. The van der Waals surface area contributed by atoms with Crippen molar-refractivity contribution in [2.24, 2.45) is 0 Å². The molecule has 0 aliphatic heterocycles. The Bertz CT molecular complexity index is 870. The van der Waals surface area contributed by atoms with Crippen LogP contribution < -0.4 is 9.47 Å². The average Bonchev–Trinajstić information content (AvgIpc) is 3.09. The van der Waals surface area contributed by atoms with Gasteiger partial charge in [-0.1, -0.05) is 30.3 Å². The lowest BCUT2D eigenvalue weighted by Gasteiger charge is -2.15. The van der Waals surface area contributed by atoms with E-state index < -0.39 is 6.04 Å². The lowest BCUT2D eigenvalue weighted by atomic mass is 10.2. The molecule has 1 unspecified atom stereocenters. The monoisotopic (exact) mass is 339 g/mol. The Morgan fingerprint density at radius 3 is 2.52 bits per heavy atom. The average molecular weight is 339 g/mol. The van der Waals surface area contributed by atoms with Crippen molar-refractivity contribution in [1.29, 1.82) is 0 Å². The molecule has 25 heavy (non-hydrogen) atoms. The van der Waals surface area contributed by atoms with Gasteiger partial charge in [0.15, 0.2) is 0 Å². The maximum atomic E-state index is 12.5. The summed E-state index contributed by atoms with van der Waals surface area (Å²) in [5.41, 5.74) is 1.82. The van der Waals surface area contributed by atoms with E-state index in [1.54, 1.807) is 14.2 Å². The molecule has 0 bridgehead atoms. The molecule has 0 amide bonds. The first-order valence-corrected chi connectivity index (χ1v) is 8.07. The standard InChI is InChI=1S/C20H21NO4/c1-14(20(22)25-13-15-7-5-4-6-8-15)21-10-9-17-18(21)11-16(23-2)12-19(17)24-3/h4-12,14H,13H2,1-3H3. The Morgan fingerprint density at radius 1 is 1.08 bits per heavy atom. The number of ether oxygens (including phenoxy) is 3. The van der Waals surface area contributed by atoms with Crippen LogP contribution in [0.3, 0.4) is 0 Å². The Balaban J connectivity index is 1.84. The van der Waals surface area contributed by atoms with Gasteiger partial charge >= 0.3 is 5.97 Å². The summed E-state index contributed by atoms with van der Waals surface area (Å²) in [5, 5.41) is 0.922. The van der Waals surface area contributed by atoms with E-state index in [-0.39, 0.29) is 12.6 Å². The van der Waals surface area contributed by atoms with Crippen molar-refractivity contribution in [2.75, 3.05) is 14.2 Å². The fourth-order valence-corrected chi connectivity index (χ4v) is 2.79. The molecular formula is C20H21NO4. The largest absolute Gasteiger partial charge is 0.497 e. The third-order valence-corrected chi connectivity index (χ3v) is 4.21. The predicted molar refractivity (Wildman–Crippen MR) is 96.0 cm³/mol. The smallest absolute Gasteiger partial charge is 0.329 e. The molecule has 1 heterocycles. The number of aromatic nitrogens is 1. The molecule has 0 aliphatic carbocycles. The molecule has 3 aromatic rings. The second-order valence-electron chi connectivity index (χ2n) is 5.75. The van der Waals surface area contributed by atoms with Gasteiger partial charge in [-0.25, -0.2) is 4.79 Å². The van der Waals surface area contributed by atoms with Gasteiger partial charge in [0.05, 0.1) is 19.7 Å². The van der Waals surface area contributed by atoms with Crippen LogP contribution in [0.5, 0.6) is 11.5 Å². The van der Waals surface area contributed by atoms with Crippen molar-refractivity contribution in [3.05, 3.63) is 60.3 Å². The molecule has 0 N–H and O–H groups in total. The third kappa shape index (κ3) is 3.45. The van der Waals surface area contributed by atoms with Crippen LogP contribution >= 0.6 is 0 Å². The van der Waals surface area contributed by atoms with Gasteiger partial charge in [-0.05, 0) is 18.6 Å². The van der Waals surface area contributed by atoms with Gasteiger partial charge in [0, 0.05) is 23.7 Å². The molecule has 1 aromatic heterocycles. The van der Waals surface area contributed by atoms with E-state index in [9.17, 15) is 4.79 Å². The Hall–Kier alpha value is -2.95. The van der Waals surface area contributed by atoms with Crippen molar-refractivity contribution in [3.8, 4) is 11.5 Å². The number of carbonyl (C=O) groups is 1. The van der Waals surface area contributed by atoms with Gasteiger partial charge in [0.1, 0.15) is 24.1 Å². The Kier molecular flexibility index (Phi) is 4.93. The summed E-state index contributed by atoms with van der Waals surface area (Å²) in [6.45, 7) is 2.08. The van der Waals surface area contributed by atoms with Crippen LogP contribution in [0.4, 0.5) is 0 Å². The molecule has 5 heteroatoms. The molecule has 130 valence electrons. The second kappa shape index (κ2) is 7.30. The highest BCUT2D eigenvalue weighted by atomic mass is 16.5. The van der Waals surface area contributed by atoms with Gasteiger partial charge < -0.3 is 18.8 Å². The third-order valence-electron chi connectivity index (χ3n) is 4.21. The highest BCUT2D eigenvalue weighted by Crippen LogP contribution is 2.33. The van der Waals surface area contributed by atoms with Crippen LogP contribution in [0, 0.1) is 0 Å². The van der Waals surface area contributed by atoms with Crippen LogP contribution in [0.15, 0.2) is 54.7 Å². The van der Waals surface area contributed by atoms with E-state index in [1.807, 2.05) is 66.2 Å². The van der Waals surface area contributed by atoms with E-state index in [2.05, 4.69) is 0 Å². The van der Waals surface area contributed by atoms with Gasteiger partial charge in [-0.2, -0.15) is 0 Å². The van der Waals surface area contributed by atoms with Crippen molar-refractivity contribution in [1.82, 2.24) is 4.57 Å². The number of fused-ring (bicyclic) bond motifs is 1. The van der Waals surface area contributed by atoms with E-state index in [1.165, 1.54) is 0 Å². The predicted octanol–water partition coefficient (Wildman–Crippen LogP) is 3.96. The maximum absolute atomic E-state index is 12.5. The molecule has 0 radical (unpaired) electrons. The summed E-state index contributed by atoms with van der Waals surface area (Å²) in [6, 6.07) is 14.8. The molecule has 0 fully saturated rings. The fourth-order valence-electron chi connectivity index (χ4n) is 2.79. The fraction of sp³-hybridized carbons (Fsp3) is 0.250. The molecule has 5 nitrogen and oxygen atoms in total. The number of hydrogen-bond acceptors (Lipinski definition) is 4. The van der Waals surface area contributed by atoms with Crippen molar-refractivity contribution in [2.45, 2.75) is 19.6 Å². The highest BCUT2D eigenvalue weighted by molar-refractivity contribution is 5.89. The van der Waals surface area contributed by atoms with Crippen LogP contribution in [-0.2, 0) is 16.1 Å². The highest BCUT2D eigenvalue weighted by Gasteiger charge is 2.20. The van der Waals surface area contributed by atoms with E-state index in [4.69, 9.17) is 14.2 Å². The first-order chi connectivity index (χ1) is 12.1. The number of carbonyl (C=O) groups excluding carboxylic acids is 1.